The van der Waals surface area contributed by atoms with Crippen molar-refractivity contribution in [1.82, 2.24) is 0 Å². The minimum atomic E-state index is -0.0852. The zero-order valence-corrected chi connectivity index (χ0v) is 18.3. The van der Waals surface area contributed by atoms with Crippen molar-refractivity contribution in [2.24, 2.45) is 17.3 Å². The molecule has 156 valence electrons. The average molecular weight is 377 g/mol. The number of rotatable bonds is 15. The van der Waals surface area contributed by atoms with Gasteiger partial charge in [0.15, 0.2) is 0 Å². The van der Waals surface area contributed by atoms with E-state index in [0.717, 1.165) is 24.7 Å². The van der Waals surface area contributed by atoms with Crippen LogP contribution >= 0.6 is 0 Å². The van der Waals surface area contributed by atoms with Crippen LogP contribution in [-0.2, 0) is 9.53 Å². The Bertz CT molecular complexity index is 436. The summed E-state index contributed by atoms with van der Waals surface area (Å²) in [5.41, 5.74) is 0.492. The van der Waals surface area contributed by atoms with Gasteiger partial charge in [-0.1, -0.05) is 77.7 Å². The van der Waals surface area contributed by atoms with Crippen LogP contribution in [0.1, 0.15) is 104 Å². The predicted octanol–water partition coefficient (Wildman–Crippen LogP) is 7.64. The fourth-order valence-electron chi connectivity index (χ4n) is 4.48. The van der Waals surface area contributed by atoms with Gasteiger partial charge >= 0.3 is 5.97 Å². The topological polar surface area (TPSA) is 26.3 Å². The lowest BCUT2D eigenvalue weighted by molar-refractivity contribution is -0.142. The third kappa shape index (κ3) is 11.4. The first-order valence-electron chi connectivity index (χ1n) is 11.4. The van der Waals surface area contributed by atoms with Gasteiger partial charge in [-0.15, -0.1) is 0 Å². The summed E-state index contributed by atoms with van der Waals surface area (Å²) >= 11 is 0. The van der Waals surface area contributed by atoms with E-state index in [0.29, 0.717) is 18.4 Å². The number of hydrogen-bond donors (Lipinski definition) is 0. The smallest absolute Gasteiger partial charge is 0.306 e. The maximum absolute atomic E-state index is 11.4. The van der Waals surface area contributed by atoms with Gasteiger partial charge in [-0.2, -0.15) is 0 Å². The number of carbonyl (C=O) groups excluding carboxylic acids is 1. The highest BCUT2D eigenvalue weighted by molar-refractivity contribution is 5.69. The summed E-state index contributed by atoms with van der Waals surface area (Å²) in [6.45, 7) is 11.0. The number of carbonyl (C=O) groups is 1. The maximum atomic E-state index is 11.4. The first-order valence-corrected chi connectivity index (χ1v) is 11.4. The van der Waals surface area contributed by atoms with E-state index in [1.54, 1.807) is 6.08 Å². The monoisotopic (exact) mass is 376 g/mol. The molecule has 0 aromatic carbocycles. The Labute approximate surface area is 168 Å². The summed E-state index contributed by atoms with van der Waals surface area (Å²) < 4.78 is 5.01. The number of unbranched alkanes of at least 4 members (excludes halogenated alkanes) is 3. The van der Waals surface area contributed by atoms with Crippen LogP contribution < -0.4 is 0 Å². The van der Waals surface area contributed by atoms with Crippen molar-refractivity contribution in [3.8, 4) is 0 Å². The zero-order chi connectivity index (χ0) is 20.0. The van der Waals surface area contributed by atoms with Crippen molar-refractivity contribution in [2.45, 2.75) is 104 Å². The Balaban J connectivity index is 2.13. The molecule has 0 aromatic rings. The highest BCUT2D eigenvalue weighted by atomic mass is 16.5. The molecule has 1 aliphatic carbocycles. The maximum Gasteiger partial charge on any atom is 0.306 e. The number of esters is 1. The van der Waals surface area contributed by atoms with E-state index in [1.165, 1.54) is 64.2 Å². The molecule has 2 nitrogen and oxygen atoms in total. The lowest BCUT2D eigenvalue weighted by atomic mass is 9.83. The molecule has 0 aliphatic heterocycles. The average Bonchev–Trinajstić information content (AvgIpc) is 3.07. The van der Waals surface area contributed by atoms with Crippen molar-refractivity contribution in [3.63, 3.8) is 0 Å². The highest BCUT2D eigenvalue weighted by Gasteiger charge is 2.24. The molecule has 27 heavy (non-hydrogen) atoms. The van der Waals surface area contributed by atoms with Gasteiger partial charge in [0, 0.05) is 6.42 Å². The van der Waals surface area contributed by atoms with Crippen LogP contribution in [0.2, 0.25) is 0 Å². The molecule has 0 saturated heterocycles. The lowest BCUT2D eigenvalue weighted by Crippen LogP contribution is -2.10. The molecule has 1 rings (SSSR count). The molecular formula is C25H44O2. The fraction of sp³-hybridized carbons (Fsp3) is 0.800. The largest absolute Gasteiger partial charge is 0.461 e. The van der Waals surface area contributed by atoms with Gasteiger partial charge in [-0.3, -0.25) is 4.79 Å². The Hall–Kier alpha value is -1.05. The zero-order valence-electron chi connectivity index (χ0n) is 18.3. The van der Waals surface area contributed by atoms with E-state index in [9.17, 15) is 4.79 Å². The standard InChI is InChI=1S/C25H44O2/c1-5-19-25(3,4)20-12-11-15-23-17-13-16-22(23)14-9-7-8-10-18-24(26)27-21-6-2/h6,11,15,22-23H,2,5,7-10,12-14,16-21H2,1,3-4H3/t22-,23-/m0/s1. The molecule has 1 saturated carbocycles. The molecular weight excluding hydrogens is 332 g/mol. The third-order valence-corrected chi connectivity index (χ3v) is 6.08. The van der Waals surface area contributed by atoms with Crippen molar-refractivity contribution in [2.75, 3.05) is 6.61 Å². The first kappa shape index (κ1) is 24.0. The molecule has 0 unspecified atom stereocenters. The van der Waals surface area contributed by atoms with Crippen LogP contribution in [0.25, 0.3) is 0 Å². The second kappa shape index (κ2) is 14.0. The molecule has 0 amide bonds. The quantitative estimate of drug-likeness (QED) is 0.167. The van der Waals surface area contributed by atoms with E-state index in [-0.39, 0.29) is 5.97 Å². The Morgan fingerprint density at radius 3 is 2.67 bits per heavy atom. The molecule has 0 spiro atoms. The van der Waals surface area contributed by atoms with Crippen LogP contribution in [0, 0.1) is 17.3 Å². The van der Waals surface area contributed by atoms with E-state index >= 15 is 0 Å². The van der Waals surface area contributed by atoms with Gasteiger partial charge < -0.3 is 4.74 Å². The molecule has 1 fully saturated rings. The van der Waals surface area contributed by atoms with Crippen LogP contribution in [0.15, 0.2) is 24.8 Å². The Morgan fingerprint density at radius 2 is 1.93 bits per heavy atom. The normalized spacial score (nSPS) is 20.3. The lowest BCUT2D eigenvalue weighted by Gasteiger charge is -2.23. The van der Waals surface area contributed by atoms with Crippen LogP contribution in [0.4, 0.5) is 0 Å². The SMILES string of the molecule is C=CCOC(=O)CCCCCC[C@H]1CCC[C@@H]1C=CCCC(C)(C)CCC. The van der Waals surface area contributed by atoms with Crippen LogP contribution in [-0.4, -0.2) is 12.6 Å². The molecule has 0 radical (unpaired) electrons. The van der Waals surface area contributed by atoms with Gasteiger partial charge in [0.1, 0.15) is 6.61 Å². The number of hydrogen-bond acceptors (Lipinski definition) is 2. The van der Waals surface area contributed by atoms with Gasteiger partial charge in [0.25, 0.3) is 0 Å². The second-order valence-electron chi connectivity index (χ2n) is 9.16. The summed E-state index contributed by atoms with van der Waals surface area (Å²) in [6.07, 6.45) is 22.5. The Kier molecular flexibility index (Phi) is 12.5. The molecule has 0 bridgehead atoms. The molecule has 0 aromatic heterocycles. The first-order chi connectivity index (χ1) is 13.0. The number of allylic oxidation sites excluding steroid dienone is 2. The van der Waals surface area contributed by atoms with Crippen LogP contribution in [0.3, 0.4) is 0 Å². The minimum Gasteiger partial charge on any atom is -0.461 e. The molecule has 0 N–H and O–H groups in total. The van der Waals surface area contributed by atoms with Crippen molar-refractivity contribution in [3.05, 3.63) is 24.8 Å². The molecule has 1 aliphatic rings. The summed E-state index contributed by atoms with van der Waals surface area (Å²) in [4.78, 5) is 11.4. The minimum absolute atomic E-state index is 0.0852. The molecule has 2 heteroatoms. The van der Waals surface area contributed by atoms with Gasteiger partial charge in [-0.25, -0.2) is 0 Å². The van der Waals surface area contributed by atoms with Crippen LogP contribution in [0.5, 0.6) is 0 Å². The summed E-state index contributed by atoms with van der Waals surface area (Å²) in [5, 5.41) is 0. The van der Waals surface area contributed by atoms with Crippen molar-refractivity contribution >= 4 is 5.97 Å². The fourth-order valence-corrected chi connectivity index (χ4v) is 4.48. The summed E-state index contributed by atoms with van der Waals surface area (Å²) in [7, 11) is 0. The van der Waals surface area contributed by atoms with Crippen molar-refractivity contribution in [1.29, 1.82) is 0 Å². The van der Waals surface area contributed by atoms with E-state index in [1.807, 2.05) is 0 Å². The number of ether oxygens (including phenoxy) is 1. The second-order valence-corrected chi connectivity index (χ2v) is 9.16. The van der Waals surface area contributed by atoms with E-state index in [4.69, 9.17) is 4.74 Å². The van der Waals surface area contributed by atoms with E-state index in [2.05, 4.69) is 39.5 Å². The summed E-state index contributed by atoms with van der Waals surface area (Å²) in [5.74, 6) is 1.62. The highest BCUT2D eigenvalue weighted by Crippen LogP contribution is 2.37. The van der Waals surface area contributed by atoms with Gasteiger partial charge in [0.2, 0.25) is 0 Å². The molecule has 0 heterocycles. The predicted molar refractivity (Wildman–Crippen MR) is 117 cm³/mol. The van der Waals surface area contributed by atoms with Gasteiger partial charge in [0.05, 0.1) is 0 Å². The Morgan fingerprint density at radius 1 is 1.15 bits per heavy atom. The van der Waals surface area contributed by atoms with Crippen molar-refractivity contribution < 1.29 is 9.53 Å². The van der Waals surface area contributed by atoms with E-state index < -0.39 is 0 Å². The van der Waals surface area contributed by atoms with Gasteiger partial charge in [-0.05, 0) is 62.2 Å². The summed E-state index contributed by atoms with van der Waals surface area (Å²) in [6, 6.07) is 0. The third-order valence-electron chi connectivity index (χ3n) is 6.08. The molecule has 2 atom stereocenters.